The molecule has 55 heavy (non-hydrogen) atoms. The van der Waals surface area contributed by atoms with Gasteiger partial charge in [-0.3, -0.25) is 0 Å². The monoisotopic (exact) mass is 769 g/mol. The lowest BCUT2D eigenvalue weighted by Crippen LogP contribution is -2.52. The highest BCUT2D eigenvalue weighted by Gasteiger charge is 2.46. The highest BCUT2D eigenvalue weighted by atomic mass is 16.7. The van der Waals surface area contributed by atoms with Crippen LogP contribution in [0.4, 0.5) is 0 Å². The molecule has 0 bridgehead atoms. The van der Waals surface area contributed by atoms with Crippen molar-refractivity contribution >= 4 is 6.08 Å². The summed E-state index contributed by atoms with van der Waals surface area (Å²) >= 11 is 0. The Balaban J connectivity index is 1.48. The lowest BCUT2D eigenvalue weighted by Gasteiger charge is -2.45. The van der Waals surface area contributed by atoms with E-state index in [4.69, 9.17) is 47.3 Å². The van der Waals surface area contributed by atoms with Crippen molar-refractivity contribution in [2.24, 2.45) is 11.8 Å². The van der Waals surface area contributed by atoms with Crippen LogP contribution in [0.15, 0.2) is 70.9 Å². The largest absolute Gasteiger partial charge is 0.493 e. The second kappa shape index (κ2) is 21.3. The Morgan fingerprint density at radius 2 is 1.85 bits per heavy atom. The maximum Gasteiger partial charge on any atom is 0.199 e. The number of rotatable bonds is 20. The van der Waals surface area contributed by atoms with Gasteiger partial charge >= 0.3 is 0 Å². The molecule has 10 atom stereocenters. The quantitative estimate of drug-likeness (QED) is 0.110. The first-order valence-corrected chi connectivity index (χ1v) is 19.1. The number of ether oxygens (including phenoxy) is 8. The Labute approximate surface area is 327 Å². The number of benzene rings is 1. The van der Waals surface area contributed by atoms with E-state index in [0.29, 0.717) is 55.4 Å². The minimum Gasteiger partial charge on any atom is -0.493 e. The molecule has 2 aromatic rings. The van der Waals surface area contributed by atoms with Crippen LogP contribution in [0.3, 0.4) is 0 Å². The van der Waals surface area contributed by atoms with Crippen LogP contribution < -0.4 is 9.47 Å². The van der Waals surface area contributed by atoms with E-state index in [1.165, 1.54) is 0 Å². The van der Waals surface area contributed by atoms with Gasteiger partial charge in [-0.05, 0) is 56.0 Å². The Morgan fingerprint density at radius 3 is 2.51 bits per heavy atom. The molecule has 3 heterocycles. The van der Waals surface area contributed by atoms with E-state index in [-0.39, 0.29) is 55.4 Å². The van der Waals surface area contributed by atoms with Crippen LogP contribution in [0.2, 0.25) is 0 Å². The number of methoxy groups -OCH3 is 5. The average Bonchev–Trinajstić information content (AvgIpc) is 3.62. The van der Waals surface area contributed by atoms with Crippen LogP contribution in [0.25, 0.3) is 6.08 Å². The van der Waals surface area contributed by atoms with Gasteiger partial charge in [0.05, 0.1) is 70.0 Å². The van der Waals surface area contributed by atoms with E-state index in [1.807, 2.05) is 56.4 Å². The standard InChI is InChI=1S/C43H63NO11/c1-11-12-33(47-6)15-13-27(2)19-35(46)38-22-34(48-7)23-43(51-10,55-38)24-40-44-32(26-52-40)20-28(3)41-30(5)42(29(4)36(54-41)17-18-45)53-25-31-14-16-37(49-8)39(21-31)50-9/h11,13-16,19-21,26,29-30,33-36,38,41-42,45-46H,1,12,17-18,22-25H2,2-10H3/t29-,30-,33+,34+,35+,36+,38+,41-,42-,43-/m0/s1. The minimum absolute atomic E-state index is 0.00354. The second-order valence-electron chi connectivity index (χ2n) is 14.6. The highest BCUT2D eigenvalue weighted by Crippen LogP contribution is 2.39. The van der Waals surface area contributed by atoms with Crippen molar-refractivity contribution in [2.45, 2.75) is 115 Å². The molecular formula is C43H63NO11. The topological polar surface area (TPSA) is 140 Å². The molecule has 2 N–H and O–H groups in total. The summed E-state index contributed by atoms with van der Waals surface area (Å²) in [6.45, 7) is 12.4. The molecular weight excluding hydrogens is 706 g/mol. The van der Waals surface area contributed by atoms with Crippen molar-refractivity contribution in [2.75, 3.05) is 42.2 Å². The molecule has 0 spiro atoms. The third-order valence-electron chi connectivity index (χ3n) is 10.7. The van der Waals surface area contributed by atoms with E-state index in [2.05, 4.69) is 20.4 Å². The number of oxazole rings is 1. The number of aliphatic hydroxyl groups excluding tert-OH is 2. The number of hydrogen-bond acceptors (Lipinski definition) is 12. The molecule has 12 heteroatoms. The fourth-order valence-electron chi connectivity index (χ4n) is 7.64. The Kier molecular flexibility index (Phi) is 17.2. The summed E-state index contributed by atoms with van der Waals surface area (Å²) < 4.78 is 53.8. The number of nitrogens with zero attached hydrogens (tertiary/aromatic N) is 1. The zero-order chi connectivity index (χ0) is 40.1. The molecule has 2 aliphatic heterocycles. The predicted octanol–water partition coefficient (Wildman–Crippen LogP) is 6.64. The van der Waals surface area contributed by atoms with Gasteiger partial charge in [-0.1, -0.05) is 49.8 Å². The Hall–Kier alpha value is -3.33. The minimum atomic E-state index is -1.14. The molecule has 4 rings (SSSR count). The van der Waals surface area contributed by atoms with E-state index in [1.54, 1.807) is 47.9 Å². The highest BCUT2D eigenvalue weighted by molar-refractivity contribution is 5.48. The van der Waals surface area contributed by atoms with Crippen LogP contribution in [0.1, 0.15) is 70.5 Å². The summed E-state index contributed by atoms with van der Waals surface area (Å²) in [5.41, 5.74) is 3.42. The Morgan fingerprint density at radius 1 is 1.09 bits per heavy atom. The fourth-order valence-corrected chi connectivity index (χ4v) is 7.64. The van der Waals surface area contributed by atoms with Crippen LogP contribution in [0, 0.1) is 11.8 Å². The maximum absolute atomic E-state index is 11.3. The van der Waals surface area contributed by atoms with Gasteiger partial charge in [-0.15, -0.1) is 6.58 Å². The van der Waals surface area contributed by atoms with Crippen molar-refractivity contribution < 1.29 is 52.5 Å². The Bertz CT molecular complexity index is 1590. The summed E-state index contributed by atoms with van der Waals surface area (Å²) in [7, 11) is 8.11. The zero-order valence-electron chi connectivity index (χ0n) is 34.1. The van der Waals surface area contributed by atoms with Gasteiger partial charge < -0.3 is 52.5 Å². The van der Waals surface area contributed by atoms with Crippen LogP contribution in [-0.4, -0.2) is 106 Å². The molecule has 2 fully saturated rings. The van der Waals surface area contributed by atoms with Gasteiger partial charge in [0.15, 0.2) is 23.2 Å². The SMILES string of the molecule is C=CC[C@H](C=CC(C)=C[C@@H](O)[C@H]1C[C@@H](OC)C[C@](Cc2nc(C=C(C)[C@@H]3O[C@H](CCO)[C@H](C)[C@H](OCc4ccc(OC)c(OC)c4)[C@H]3C)co2)(OC)O1)OC. The van der Waals surface area contributed by atoms with Crippen molar-refractivity contribution in [3.05, 3.63) is 83.6 Å². The van der Waals surface area contributed by atoms with Crippen molar-refractivity contribution in [3.63, 3.8) is 0 Å². The smallest absolute Gasteiger partial charge is 0.199 e. The summed E-state index contributed by atoms with van der Waals surface area (Å²) in [5, 5.41) is 21.1. The summed E-state index contributed by atoms with van der Waals surface area (Å²) in [4.78, 5) is 4.79. The number of aliphatic hydroxyl groups is 2. The molecule has 0 unspecified atom stereocenters. The van der Waals surface area contributed by atoms with Gasteiger partial charge in [-0.2, -0.15) is 0 Å². The molecule has 12 nitrogen and oxygen atoms in total. The van der Waals surface area contributed by atoms with Gasteiger partial charge in [0.1, 0.15) is 12.0 Å². The summed E-state index contributed by atoms with van der Waals surface area (Å²) in [6, 6.07) is 5.77. The number of aromatic nitrogens is 1. The fraction of sp³-hybridized carbons (Fsp3) is 0.605. The molecule has 1 aromatic carbocycles. The lowest BCUT2D eigenvalue weighted by molar-refractivity contribution is -0.298. The molecule has 0 aliphatic carbocycles. The van der Waals surface area contributed by atoms with Crippen molar-refractivity contribution in [1.82, 2.24) is 4.98 Å². The van der Waals surface area contributed by atoms with Crippen LogP contribution in [-0.2, 0) is 41.4 Å². The van der Waals surface area contributed by atoms with Gasteiger partial charge in [-0.25, -0.2) is 4.98 Å². The molecule has 0 amide bonds. The molecule has 0 saturated carbocycles. The summed E-state index contributed by atoms with van der Waals surface area (Å²) in [6.07, 6.45) is 10.9. The first kappa shape index (κ1) is 44.4. The van der Waals surface area contributed by atoms with E-state index in [0.717, 1.165) is 16.7 Å². The van der Waals surface area contributed by atoms with Gasteiger partial charge in [0.2, 0.25) is 0 Å². The van der Waals surface area contributed by atoms with Crippen molar-refractivity contribution in [3.8, 4) is 11.5 Å². The predicted molar refractivity (Wildman–Crippen MR) is 210 cm³/mol. The molecule has 306 valence electrons. The second-order valence-corrected chi connectivity index (χ2v) is 14.6. The number of hydrogen-bond donors (Lipinski definition) is 2. The van der Waals surface area contributed by atoms with E-state index in [9.17, 15) is 10.2 Å². The number of allylic oxidation sites excluding steroid dienone is 2. The average molecular weight is 770 g/mol. The maximum atomic E-state index is 11.3. The third-order valence-corrected chi connectivity index (χ3v) is 10.7. The van der Waals surface area contributed by atoms with Gasteiger partial charge in [0, 0.05) is 52.6 Å². The van der Waals surface area contributed by atoms with Crippen LogP contribution in [0.5, 0.6) is 11.5 Å². The first-order valence-electron chi connectivity index (χ1n) is 19.1. The summed E-state index contributed by atoms with van der Waals surface area (Å²) in [5.74, 6) is 0.637. The van der Waals surface area contributed by atoms with E-state index >= 15 is 0 Å². The molecule has 0 radical (unpaired) electrons. The normalized spacial score (nSPS) is 29.0. The molecule has 2 aliphatic rings. The lowest BCUT2D eigenvalue weighted by atomic mass is 9.79. The zero-order valence-corrected chi connectivity index (χ0v) is 34.1. The van der Waals surface area contributed by atoms with Crippen molar-refractivity contribution in [1.29, 1.82) is 0 Å². The van der Waals surface area contributed by atoms with Gasteiger partial charge in [0.25, 0.3) is 0 Å². The third kappa shape index (κ3) is 11.8. The van der Waals surface area contributed by atoms with Crippen LogP contribution >= 0.6 is 0 Å². The molecule has 1 aromatic heterocycles. The van der Waals surface area contributed by atoms with E-state index < -0.39 is 18.0 Å². The first-order chi connectivity index (χ1) is 26.4. The molecule has 2 saturated heterocycles.